The van der Waals surface area contributed by atoms with Gasteiger partial charge in [0.1, 0.15) is 0 Å². The van der Waals surface area contributed by atoms with Crippen molar-refractivity contribution < 1.29 is 4.79 Å². The summed E-state index contributed by atoms with van der Waals surface area (Å²) in [6.45, 7) is 4.87. The van der Waals surface area contributed by atoms with Crippen molar-refractivity contribution in [1.82, 2.24) is 4.90 Å². The number of rotatable bonds is 1. The van der Waals surface area contributed by atoms with Crippen molar-refractivity contribution in [2.45, 2.75) is 13.8 Å². The number of carbonyl (C=O) groups excluding carboxylic acids is 1. The standard InChI is InChI=1S/C8H13NO/c1-6(2)7-4-5-9(3)8(7)10/h4,6H,5H2,1-3H3. The molecular formula is C8H13NO. The Kier molecular flexibility index (Phi) is 1.79. The molecule has 1 aliphatic rings. The van der Waals surface area contributed by atoms with E-state index < -0.39 is 0 Å². The lowest BCUT2D eigenvalue weighted by Gasteiger charge is -2.09. The van der Waals surface area contributed by atoms with E-state index in [4.69, 9.17) is 0 Å². The molecule has 1 rings (SSSR count). The molecule has 0 radical (unpaired) electrons. The van der Waals surface area contributed by atoms with E-state index in [0.29, 0.717) is 5.92 Å². The zero-order chi connectivity index (χ0) is 7.72. The zero-order valence-electron chi connectivity index (χ0n) is 6.72. The van der Waals surface area contributed by atoms with Gasteiger partial charge in [-0.05, 0) is 5.92 Å². The van der Waals surface area contributed by atoms with Crippen LogP contribution in [0.5, 0.6) is 0 Å². The molecule has 0 atom stereocenters. The van der Waals surface area contributed by atoms with Gasteiger partial charge in [0.25, 0.3) is 0 Å². The molecule has 0 fully saturated rings. The van der Waals surface area contributed by atoms with Crippen LogP contribution < -0.4 is 0 Å². The molecule has 10 heavy (non-hydrogen) atoms. The Morgan fingerprint density at radius 3 is 2.40 bits per heavy atom. The second-order valence-electron chi connectivity index (χ2n) is 3.00. The number of hydrogen-bond donors (Lipinski definition) is 0. The Bertz CT molecular complexity index is 182. The number of carbonyl (C=O) groups is 1. The molecule has 0 saturated heterocycles. The summed E-state index contributed by atoms with van der Waals surface area (Å²) in [7, 11) is 1.83. The molecule has 1 amide bonds. The van der Waals surface area contributed by atoms with Gasteiger partial charge in [-0.25, -0.2) is 0 Å². The van der Waals surface area contributed by atoms with E-state index in [2.05, 4.69) is 0 Å². The molecule has 2 heteroatoms. The van der Waals surface area contributed by atoms with Gasteiger partial charge in [0, 0.05) is 19.2 Å². The van der Waals surface area contributed by atoms with Crippen molar-refractivity contribution in [2.24, 2.45) is 5.92 Å². The molecule has 0 bridgehead atoms. The van der Waals surface area contributed by atoms with Crippen LogP contribution in [0.3, 0.4) is 0 Å². The maximum Gasteiger partial charge on any atom is 0.249 e. The molecule has 1 aliphatic heterocycles. The van der Waals surface area contributed by atoms with Gasteiger partial charge in [0.2, 0.25) is 5.91 Å². The third kappa shape index (κ3) is 1.06. The summed E-state index contributed by atoms with van der Waals surface area (Å²) >= 11 is 0. The van der Waals surface area contributed by atoms with Gasteiger partial charge in [-0.15, -0.1) is 0 Å². The highest BCUT2D eigenvalue weighted by Gasteiger charge is 2.21. The molecule has 1 heterocycles. The van der Waals surface area contributed by atoms with Crippen LogP contribution in [0.4, 0.5) is 0 Å². The van der Waals surface area contributed by atoms with E-state index in [1.165, 1.54) is 0 Å². The molecule has 0 saturated carbocycles. The molecule has 0 aromatic heterocycles. The van der Waals surface area contributed by atoms with Crippen LogP contribution in [-0.4, -0.2) is 24.4 Å². The van der Waals surface area contributed by atoms with Crippen molar-refractivity contribution in [3.05, 3.63) is 11.6 Å². The maximum absolute atomic E-state index is 11.2. The molecule has 0 spiro atoms. The fourth-order valence-electron chi connectivity index (χ4n) is 1.11. The summed E-state index contributed by atoms with van der Waals surface area (Å²) in [4.78, 5) is 12.9. The first-order valence-corrected chi connectivity index (χ1v) is 3.58. The normalized spacial score (nSPS) is 18.6. The lowest BCUT2D eigenvalue weighted by atomic mass is 10.0. The Balaban J connectivity index is 2.72. The minimum absolute atomic E-state index is 0.190. The predicted molar refractivity (Wildman–Crippen MR) is 40.6 cm³/mol. The maximum atomic E-state index is 11.2. The lowest BCUT2D eigenvalue weighted by Crippen LogP contribution is -2.22. The lowest BCUT2D eigenvalue weighted by molar-refractivity contribution is -0.124. The van der Waals surface area contributed by atoms with E-state index in [9.17, 15) is 4.79 Å². The van der Waals surface area contributed by atoms with Crippen molar-refractivity contribution in [1.29, 1.82) is 0 Å². The Morgan fingerprint density at radius 1 is 1.60 bits per heavy atom. The number of amides is 1. The number of hydrogen-bond acceptors (Lipinski definition) is 1. The zero-order valence-corrected chi connectivity index (χ0v) is 6.72. The first-order chi connectivity index (χ1) is 4.63. The Labute approximate surface area is 61.5 Å². The van der Waals surface area contributed by atoms with E-state index in [1.54, 1.807) is 4.90 Å². The largest absolute Gasteiger partial charge is 0.338 e. The summed E-state index contributed by atoms with van der Waals surface area (Å²) in [5.74, 6) is 0.562. The van der Waals surface area contributed by atoms with Gasteiger partial charge in [0.15, 0.2) is 0 Å². The van der Waals surface area contributed by atoms with Gasteiger partial charge in [-0.3, -0.25) is 4.79 Å². The van der Waals surface area contributed by atoms with Crippen LogP contribution in [0, 0.1) is 5.92 Å². The summed E-state index contributed by atoms with van der Waals surface area (Å²) in [6, 6.07) is 0. The summed E-state index contributed by atoms with van der Waals surface area (Å²) in [6.07, 6.45) is 2.01. The van der Waals surface area contributed by atoms with Crippen LogP contribution in [-0.2, 0) is 4.79 Å². The van der Waals surface area contributed by atoms with Crippen molar-refractivity contribution in [3.63, 3.8) is 0 Å². The number of likely N-dealkylation sites (N-methyl/N-ethyl adjacent to an activating group) is 1. The molecule has 56 valence electrons. The molecule has 0 aliphatic carbocycles. The highest BCUT2D eigenvalue weighted by atomic mass is 16.2. The fourth-order valence-corrected chi connectivity index (χ4v) is 1.11. The third-order valence-electron chi connectivity index (χ3n) is 1.80. The second kappa shape index (κ2) is 2.45. The van der Waals surface area contributed by atoms with Crippen LogP contribution >= 0.6 is 0 Å². The predicted octanol–water partition coefficient (Wildman–Crippen LogP) is 1.04. The summed E-state index contributed by atoms with van der Waals surface area (Å²) < 4.78 is 0. The minimum atomic E-state index is 0.190. The third-order valence-corrected chi connectivity index (χ3v) is 1.80. The molecule has 0 aromatic carbocycles. The van der Waals surface area contributed by atoms with E-state index in [-0.39, 0.29) is 5.91 Å². The monoisotopic (exact) mass is 139 g/mol. The van der Waals surface area contributed by atoms with Gasteiger partial charge >= 0.3 is 0 Å². The minimum Gasteiger partial charge on any atom is -0.338 e. The Hall–Kier alpha value is -0.790. The summed E-state index contributed by atoms with van der Waals surface area (Å²) in [5, 5.41) is 0. The van der Waals surface area contributed by atoms with E-state index in [0.717, 1.165) is 12.1 Å². The van der Waals surface area contributed by atoms with Gasteiger partial charge in [-0.2, -0.15) is 0 Å². The van der Waals surface area contributed by atoms with Crippen molar-refractivity contribution >= 4 is 5.91 Å². The topological polar surface area (TPSA) is 20.3 Å². The van der Waals surface area contributed by atoms with E-state index in [1.807, 2.05) is 27.0 Å². The van der Waals surface area contributed by atoms with Crippen LogP contribution in [0.15, 0.2) is 11.6 Å². The quantitative estimate of drug-likeness (QED) is 0.531. The second-order valence-corrected chi connectivity index (χ2v) is 3.00. The first kappa shape index (κ1) is 7.32. The molecule has 2 nitrogen and oxygen atoms in total. The SMILES string of the molecule is CC(C)C1=CCN(C)C1=O. The molecule has 0 N–H and O–H groups in total. The average molecular weight is 139 g/mol. The molecule has 0 aromatic rings. The van der Waals surface area contributed by atoms with Crippen LogP contribution in [0.2, 0.25) is 0 Å². The first-order valence-electron chi connectivity index (χ1n) is 3.58. The average Bonchev–Trinajstić information content (AvgIpc) is 2.14. The highest BCUT2D eigenvalue weighted by Crippen LogP contribution is 2.17. The van der Waals surface area contributed by atoms with Gasteiger partial charge in [-0.1, -0.05) is 19.9 Å². The van der Waals surface area contributed by atoms with Crippen LogP contribution in [0.25, 0.3) is 0 Å². The Morgan fingerprint density at radius 2 is 2.20 bits per heavy atom. The molecular weight excluding hydrogens is 126 g/mol. The van der Waals surface area contributed by atoms with Crippen LogP contribution in [0.1, 0.15) is 13.8 Å². The van der Waals surface area contributed by atoms with Crippen molar-refractivity contribution in [2.75, 3.05) is 13.6 Å². The van der Waals surface area contributed by atoms with E-state index >= 15 is 0 Å². The van der Waals surface area contributed by atoms with Gasteiger partial charge < -0.3 is 4.90 Å². The van der Waals surface area contributed by atoms with Crippen molar-refractivity contribution in [3.8, 4) is 0 Å². The fraction of sp³-hybridized carbons (Fsp3) is 0.625. The summed E-state index contributed by atoms with van der Waals surface area (Å²) in [5.41, 5.74) is 0.961. The smallest absolute Gasteiger partial charge is 0.249 e. The highest BCUT2D eigenvalue weighted by molar-refractivity contribution is 5.95. The van der Waals surface area contributed by atoms with Gasteiger partial charge in [0.05, 0.1) is 0 Å². The molecule has 0 unspecified atom stereocenters. The number of nitrogens with zero attached hydrogens (tertiary/aromatic N) is 1.